The van der Waals surface area contributed by atoms with E-state index in [2.05, 4.69) is 38.4 Å². The van der Waals surface area contributed by atoms with Crippen molar-refractivity contribution in [3.8, 4) is 11.4 Å². The molecular formula is C16H22ClN5S. The van der Waals surface area contributed by atoms with Crippen LogP contribution in [0.5, 0.6) is 0 Å². The molecule has 0 aliphatic carbocycles. The highest BCUT2D eigenvalue weighted by Crippen LogP contribution is 2.29. The van der Waals surface area contributed by atoms with Crippen molar-refractivity contribution in [1.29, 1.82) is 0 Å². The van der Waals surface area contributed by atoms with Gasteiger partial charge in [0, 0.05) is 23.7 Å². The van der Waals surface area contributed by atoms with Crippen LogP contribution in [0.1, 0.15) is 13.8 Å². The number of rotatable bonds is 6. The van der Waals surface area contributed by atoms with Crippen molar-refractivity contribution < 1.29 is 0 Å². The first-order valence-electron chi connectivity index (χ1n) is 7.98. The highest BCUT2D eigenvalue weighted by molar-refractivity contribution is 7.99. The summed E-state index contributed by atoms with van der Waals surface area (Å²) in [5.74, 6) is 1.89. The maximum Gasteiger partial charge on any atom is 0.193 e. The summed E-state index contributed by atoms with van der Waals surface area (Å²) in [5, 5.41) is 10.4. The third-order valence-corrected chi connectivity index (χ3v) is 5.47. The first-order chi connectivity index (χ1) is 11.2. The van der Waals surface area contributed by atoms with Crippen molar-refractivity contribution in [2.24, 2.45) is 0 Å². The maximum absolute atomic E-state index is 5.98. The average molecular weight is 352 g/mol. The normalized spacial score (nSPS) is 15.1. The topological polar surface area (TPSA) is 37.2 Å². The maximum atomic E-state index is 5.98. The smallest absolute Gasteiger partial charge is 0.193 e. The quantitative estimate of drug-likeness (QED) is 0.798. The van der Waals surface area contributed by atoms with Crippen molar-refractivity contribution in [3.63, 3.8) is 0 Å². The van der Waals surface area contributed by atoms with Crippen molar-refractivity contribution in [3.05, 3.63) is 29.3 Å². The number of hydrogen-bond acceptors (Lipinski definition) is 5. The second kappa shape index (κ2) is 7.66. The number of thioether (sulfide) groups is 1. The van der Waals surface area contributed by atoms with E-state index in [0.717, 1.165) is 60.3 Å². The summed E-state index contributed by atoms with van der Waals surface area (Å²) in [6, 6.07) is 7.79. The molecule has 1 aliphatic rings. The van der Waals surface area contributed by atoms with Gasteiger partial charge in [0.1, 0.15) is 0 Å². The molecule has 0 amide bonds. The van der Waals surface area contributed by atoms with E-state index in [1.807, 2.05) is 24.3 Å². The minimum absolute atomic E-state index is 0.738. The van der Waals surface area contributed by atoms with Crippen LogP contribution in [0, 0.1) is 0 Å². The summed E-state index contributed by atoms with van der Waals surface area (Å²) < 4.78 is 2.19. The first kappa shape index (κ1) is 16.8. The summed E-state index contributed by atoms with van der Waals surface area (Å²) in [4.78, 5) is 4.89. The minimum Gasteiger partial charge on any atom is -0.303 e. The van der Waals surface area contributed by atoms with Crippen LogP contribution < -0.4 is 0 Å². The molecule has 2 heterocycles. The van der Waals surface area contributed by atoms with Crippen LogP contribution in [-0.2, 0) is 6.67 Å². The van der Waals surface area contributed by atoms with E-state index in [1.54, 1.807) is 11.8 Å². The van der Waals surface area contributed by atoms with Gasteiger partial charge in [-0.3, -0.25) is 9.47 Å². The lowest BCUT2D eigenvalue weighted by molar-refractivity contribution is 0.195. The largest absolute Gasteiger partial charge is 0.303 e. The van der Waals surface area contributed by atoms with Crippen molar-refractivity contribution in [2.45, 2.75) is 25.7 Å². The van der Waals surface area contributed by atoms with Crippen LogP contribution >= 0.6 is 23.4 Å². The SMILES string of the molecule is CCN(CC)CCN1CSc2nnc(-c3ccc(Cl)cc3)n2C1. The summed E-state index contributed by atoms with van der Waals surface area (Å²) >= 11 is 7.73. The lowest BCUT2D eigenvalue weighted by atomic mass is 10.2. The number of nitrogens with zero attached hydrogens (tertiary/aromatic N) is 5. The van der Waals surface area contributed by atoms with Gasteiger partial charge in [0.2, 0.25) is 0 Å². The molecule has 0 spiro atoms. The average Bonchev–Trinajstić information content (AvgIpc) is 3.00. The number of fused-ring (bicyclic) bond motifs is 1. The van der Waals surface area contributed by atoms with Crippen LogP contribution in [0.15, 0.2) is 29.4 Å². The van der Waals surface area contributed by atoms with Crippen LogP contribution in [0.25, 0.3) is 11.4 Å². The minimum atomic E-state index is 0.738. The molecule has 7 heteroatoms. The van der Waals surface area contributed by atoms with E-state index in [1.165, 1.54) is 0 Å². The molecule has 1 aliphatic heterocycles. The lowest BCUT2D eigenvalue weighted by Crippen LogP contribution is -2.37. The standard InChI is InChI=1S/C16H22ClN5S/c1-3-20(4-2)9-10-21-11-22-15(18-19-16(22)23-12-21)13-5-7-14(17)8-6-13/h5-8H,3-4,9-12H2,1-2H3. The fraction of sp³-hybridized carbons (Fsp3) is 0.500. The molecule has 0 unspecified atom stereocenters. The van der Waals surface area contributed by atoms with E-state index < -0.39 is 0 Å². The van der Waals surface area contributed by atoms with Crippen LogP contribution in [0.2, 0.25) is 5.02 Å². The van der Waals surface area contributed by atoms with Gasteiger partial charge >= 0.3 is 0 Å². The molecular weight excluding hydrogens is 330 g/mol. The number of halogens is 1. The van der Waals surface area contributed by atoms with E-state index in [0.29, 0.717) is 0 Å². The number of aromatic nitrogens is 3. The monoisotopic (exact) mass is 351 g/mol. The van der Waals surface area contributed by atoms with E-state index in [9.17, 15) is 0 Å². The molecule has 5 nitrogen and oxygen atoms in total. The number of hydrogen-bond donors (Lipinski definition) is 0. The summed E-state index contributed by atoms with van der Waals surface area (Å²) in [6.07, 6.45) is 0. The molecule has 3 rings (SSSR count). The first-order valence-corrected chi connectivity index (χ1v) is 9.34. The van der Waals surface area contributed by atoms with Crippen LogP contribution in [-0.4, -0.2) is 56.6 Å². The lowest BCUT2D eigenvalue weighted by Gasteiger charge is -2.29. The zero-order valence-electron chi connectivity index (χ0n) is 13.6. The zero-order chi connectivity index (χ0) is 16.2. The Bertz CT molecular complexity index is 638. The van der Waals surface area contributed by atoms with Crippen molar-refractivity contribution in [2.75, 3.05) is 32.1 Å². The molecule has 0 atom stereocenters. The van der Waals surface area contributed by atoms with Gasteiger partial charge in [-0.25, -0.2) is 0 Å². The van der Waals surface area contributed by atoms with E-state index >= 15 is 0 Å². The molecule has 0 radical (unpaired) electrons. The van der Waals surface area contributed by atoms with Gasteiger partial charge in [0.25, 0.3) is 0 Å². The van der Waals surface area contributed by atoms with Gasteiger partial charge in [-0.05, 0) is 37.4 Å². The fourth-order valence-electron chi connectivity index (χ4n) is 2.68. The second-order valence-electron chi connectivity index (χ2n) is 5.58. The third-order valence-electron chi connectivity index (χ3n) is 4.16. The molecule has 0 N–H and O–H groups in total. The second-order valence-corrected chi connectivity index (χ2v) is 6.93. The number of benzene rings is 1. The summed E-state index contributed by atoms with van der Waals surface area (Å²) in [6.45, 7) is 9.63. The molecule has 1 aromatic heterocycles. The Kier molecular flexibility index (Phi) is 5.58. The molecule has 1 aromatic carbocycles. The fourth-order valence-corrected chi connectivity index (χ4v) is 3.72. The van der Waals surface area contributed by atoms with Crippen molar-refractivity contribution >= 4 is 23.4 Å². The predicted octanol–water partition coefficient (Wildman–Crippen LogP) is 3.26. The number of likely N-dealkylation sites (N-methyl/N-ethyl adjacent to an activating group) is 1. The highest BCUT2D eigenvalue weighted by Gasteiger charge is 2.22. The Morgan fingerprint density at radius 1 is 1.17 bits per heavy atom. The van der Waals surface area contributed by atoms with Gasteiger partial charge in [0.15, 0.2) is 11.0 Å². The molecule has 0 bridgehead atoms. The third kappa shape index (κ3) is 3.88. The van der Waals surface area contributed by atoms with E-state index in [-0.39, 0.29) is 0 Å². The Labute approximate surface area is 146 Å². The zero-order valence-corrected chi connectivity index (χ0v) is 15.1. The van der Waals surface area contributed by atoms with Gasteiger partial charge in [-0.15, -0.1) is 10.2 Å². The Morgan fingerprint density at radius 2 is 1.91 bits per heavy atom. The van der Waals surface area contributed by atoms with Crippen molar-refractivity contribution in [1.82, 2.24) is 24.6 Å². The van der Waals surface area contributed by atoms with Gasteiger partial charge < -0.3 is 4.90 Å². The molecule has 2 aromatic rings. The molecule has 23 heavy (non-hydrogen) atoms. The van der Waals surface area contributed by atoms with Gasteiger partial charge in [-0.1, -0.05) is 37.2 Å². The van der Waals surface area contributed by atoms with Gasteiger partial charge in [0.05, 0.1) is 12.5 Å². The highest BCUT2D eigenvalue weighted by atomic mass is 35.5. The predicted molar refractivity (Wildman–Crippen MR) is 95.7 cm³/mol. The molecule has 0 fully saturated rings. The van der Waals surface area contributed by atoms with E-state index in [4.69, 9.17) is 11.6 Å². The van der Waals surface area contributed by atoms with Crippen LogP contribution in [0.3, 0.4) is 0 Å². The van der Waals surface area contributed by atoms with Gasteiger partial charge in [-0.2, -0.15) is 0 Å². The Balaban J connectivity index is 1.72. The molecule has 0 saturated heterocycles. The Hall–Kier alpha value is -1.08. The summed E-state index contributed by atoms with van der Waals surface area (Å²) in [5.41, 5.74) is 1.05. The summed E-state index contributed by atoms with van der Waals surface area (Å²) in [7, 11) is 0. The molecule has 124 valence electrons. The molecule has 0 saturated carbocycles. The Morgan fingerprint density at radius 3 is 2.61 bits per heavy atom. The van der Waals surface area contributed by atoms with Crippen LogP contribution in [0.4, 0.5) is 0 Å².